The molecule has 3 aromatic rings. The molecule has 4 heterocycles. The Morgan fingerprint density at radius 3 is 2.65 bits per heavy atom. The highest BCUT2D eigenvalue weighted by atomic mass is 16.3. The highest BCUT2D eigenvalue weighted by Crippen LogP contribution is 2.39. The average molecular weight is 419 g/mol. The first-order chi connectivity index (χ1) is 14.8. The number of Topliss-reactive ketones (excluding diaryl/α,β-unsaturated/α-hetero) is 1. The molecule has 0 aromatic carbocycles. The van der Waals surface area contributed by atoms with Crippen LogP contribution < -0.4 is 0 Å². The van der Waals surface area contributed by atoms with Crippen LogP contribution in [0, 0.1) is 13.8 Å². The molecule has 8 nitrogen and oxygen atoms in total. The van der Waals surface area contributed by atoms with Crippen molar-refractivity contribution in [3.8, 4) is 0 Å². The number of imidazole rings is 1. The number of pyridine rings is 2. The lowest BCUT2D eigenvalue weighted by molar-refractivity contribution is -0.140. The van der Waals surface area contributed by atoms with Crippen molar-refractivity contribution in [2.24, 2.45) is 0 Å². The van der Waals surface area contributed by atoms with Gasteiger partial charge in [-0.15, -0.1) is 0 Å². The van der Waals surface area contributed by atoms with Crippen LogP contribution in [0.5, 0.6) is 0 Å². The van der Waals surface area contributed by atoms with E-state index < -0.39 is 17.7 Å². The Labute approximate surface area is 180 Å². The van der Waals surface area contributed by atoms with Crippen LogP contribution in [0.1, 0.15) is 28.6 Å². The zero-order valence-corrected chi connectivity index (χ0v) is 18.0. The first kappa shape index (κ1) is 20.7. The molecule has 0 bridgehead atoms. The molecular weight excluding hydrogens is 394 g/mol. The minimum Gasteiger partial charge on any atom is -0.505 e. The van der Waals surface area contributed by atoms with E-state index in [1.54, 1.807) is 36.0 Å². The number of nitrogens with zero attached hydrogens (tertiary/aromatic N) is 5. The second-order valence-electron chi connectivity index (χ2n) is 8.01. The van der Waals surface area contributed by atoms with Crippen LogP contribution in [0.15, 0.2) is 48.4 Å². The number of hydrogen-bond donors (Lipinski definition) is 1. The highest BCUT2D eigenvalue weighted by Gasteiger charge is 2.46. The van der Waals surface area contributed by atoms with Crippen LogP contribution in [0.4, 0.5) is 0 Å². The number of aromatic nitrogens is 3. The number of aryl methyl sites for hydroxylation is 2. The van der Waals surface area contributed by atoms with Gasteiger partial charge in [0.1, 0.15) is 11.3 Å². The summed E-state index contributed by atoms with van der Waals surface area (Å²) in [6, 6.07) is 6.63. The summed E-state index contributed by atoms with van der Waals surface area (Å²) in [6.45, 7) is 4.64. The van der Waals surface area contributed by atoms with Gasteiger partial charge in [-0.1, -0.05) is 12.1 Å². The maximum atomic E-state index is 13.1. The Morgan fingerprint density at radius 2 is 1.97 bits per heavy atom. The van der Waals surface area contributed by atoms with Gasteiger partial charge in [0.15, 0.2) is 5.76 Å². The summed E-state index contributed by atoms with van der Waals surface area (Å²) < 4.78 is 1.76. The lowest BCUT2D eigenvalue weighted by atomic mass is 9.97. The molecule has 31 heavy (non-hydrogen) atoms. The summed E-state index contributed by atoms with van der Waals surface area (Å²) in [5.41, 5.74) is 3.36. The quantitative estimate of drug-likeness (QED) is 0.388. The summed E-state index contributed by atoms with van der Waals surface area (Å²) in [6.07, 6.45) is 5.05. The Hall–Kier alpha value is -3.52. The van der Waals surface area contributed by atoms with E-state index in [0.717, 1.165) is 5.56 Å². The third-order valence-electron chi connectivity index (χ3n) is 5.57. The van der Waals surface area contributed by atoms with Crippen molar-refractivity contribution in [1.29, 1.82) is 0 Å². The molecule has 0 unspecified atom stereocenters. The van der Waals surface area contributed by atoms with E-state index in [4.69, 9.17) is 0 Å². The Morgan fingerprint density at radius 1 is 1.19 bits per heavy atom. The molecule has 1 fully saturated rings. The fraction of sp³-hybridized carbons (Fsp3) is 0.304. The van der Waals surface area contributed by atoms with Gasteiger partial charge in [0.25, 0.3) is 11.7 Å². The fourth-order valence-electron chi connectivity index (χ4n) is 4.03. The van der Waals surface area contributed by atoms with Crippen molar-refractivity contribution >= 4 is 23.1 Å². The number of likely N-dealkylation sites (tertiary alicyclic amines) is 1. The van der Waals surface area contributed by atoms with Gasteiger partial charge in [0, 0.05) is 31.7 Å². The molecule has 0 spiro atoms. The van der Waals surface area contributed by atoms with Gasteiger partial charge in [-0.2, -0.15) is 0 Å². The average Bonchev–Trinajstić information content (AvgIpc) is 3.21. The minimum absolute atomic E-state index is 0.0585. The molecule has 160 valence electrons. The van der Waals surface area contributed by atoms with Gasteiger partial charge in [-0.3, -0.25) is 19.0 Å². The van der Waals surface area contributed by atoms with Gasteiger partial charge in [-0.25, -0.2) is 4.98 Å². The zero-order valence-electron chi connectivity index (χ0n) is 18.0. The van der Waals surface area contributed by atoms with Gasteiger partial charge in [-0.05, 0) is 51.2 Å². The van der Waals surface area contributed by atoms with Crippen LogP contribution in [0.2, 0.25) is 0 Å². The van der Waals surface area contributed by atoms with E-state index in [-0.39, 0.29) is 11.3 Å². The van der Waals surface area contributed by atoms with Crippen molar-refractivity contribution in [3.63, 3.8) is 0 Å². The molecule has 1 saturated heterocycles. The van der Waals surface area contributed by atoms with Crippen molar-refractivity contribution < 1.29 is 14.7 Å². The number of aliphatic hydroxyl groups excluding tert-OH is 1. The van der Waals surface area contributed by atoms with Crippen LogP contribution in [0.25, 0.3) is 11.4 Å². The number of amides is 1. The van der Waals surface area contributed by atoms with E-state index in [0.29, 0.717) is 35.7 Å². The van der Waals surface area contributed by atoms with E-state index in [9.17, 15) is 14.7 Å². The molecule has 0 saturated carbocycles. The van der Waals surface area contributed by atoms with E-state index >= 15 is 0 Å². The molecule has 1 N–H and O–H groups in total. The van der Waals surface area contributed by atoms with E-state index in [2.05, 4.69) is 9.97 Å². The first-order valence-electron chi connectivity index (χ1n) is 10.1. The molecule has 1 aliphatic rings. The summed E-state index contributed by atoms with van der Waals surface area (Å²) in [5.74, 6) is -1.55. The molecule has 1 atom stereocenters. The molecule has 8 heteroatoms. The first-order valence-corrected chi connectivity index (χ1v) is 10.1. The summed E-state index contributed by atoms with van der Waals surface area (Å²) >= 11 is 0. The summed E-state index contributed by atoms with van der Waals surface area (Å²) in [5, 5.41) is 11.4. The molecule has 3 aromatic heterocycles. The topological polar surface area (TPSA) is 91.0 Å². The predicted molar refractivity (Wildman–Crippen MR) is 116 cm³/mol. The second kappa shape index (κ2) is 7.96. The van der Waals surface area contributed by atoms with E-state index in [1.165, 1.54) is 4.90 Å². The van der Waals surface area contributed by atoms with Crippen molar-refractivity contribution in [2.75, 3.05) is 27.2 Å². The SMILES string of the molecule is Cc1nc2c(C)cccn2c1/C(O)=C1\C(=O)C(=O)N(CCN(C)C)[C@H]1c1cccnc1. The van der Waals surface area contributed by atoms with Crippen LogP contribution in [0.3, 0.4) is 0 Å². The normalized spacial score (nSPS) is 18.5. The number of fused-ring (bicyclic) bond motifs is 1. The lowest BCUT2D eigenvalue weighted by Gasteiger charge is -2.26. The Kier molecular flexibility index (Phi) is 5.32. The monoisotopic (exact) mass is 419 g/mol. The van der Waals surface area contributed by atoms with Crippen molar-refractivity contribution in [3.05, 3.63) is 70.9 Å². The maximum absolute atomic E-state index is 13.1. The molecule has 1 aliphatic heterocycles. The molecule has 4 rings (SSSR count). The van der Waals surface area contributed by atoms with Crippen LogP contribution in [-0.2, 0) is 9.59 Å². The third-order valence-corrected chi connectivity index (χ3v) is 5.57. The van der Waals surface area contributed by atoms with E-state index in [1.807, 2.05) is 44.1 Å². The molecule has 0 radical (unpaired) electrons. The van der Waals surface area contributed by atoms with Crippen molar-refractivity contribution in [2.45, 2.75) is 19.9 Å². The highest BCUT2D eigenvalue weighted by molar-refractivity contribution is 6.46. The number of carbonyl (C=O) groups excluding carboxylic acids is 2. The second-order valence-corrected chi connectivity index (χ2v) is 8.01. The number of likely N-dealkylation sites (N-methyl/N-ethyl adjacent to an activating group) is 1. The van der Waals surface area contributed by atoms with Gasteiger partial charge < -0.3 is 14.9 Å². The van der Waals surface area contributed by atoms with Crippen LogP contribution >= 0.6 is 0 Å². The maximum Gasteiger partial charge on any atom is 0.295 e. The predicted octanol–water partition coefficient (Wildman–Crippen LogP) is 2.33. The number of ketones is 1. The molecule has 0 aliphatic carbocycles. The number of rotatable bonds is 5. The standard InChI is InChI=1S/C23H25N5O3/c1-14-7-6-10-27-18(15(2)25-22(14)27)20(29)17-19(16-8-5-9-24-13-16)28(12-11-26(3)4)23(31)21(17)30/h5-10,13,19,29H,11-12H2,1-4H3/b20-17+/t19-/m0/s1. The van der Waals surface area contributed by atoms with Crippen molar-refractivity contribution in [1.82, 2.24) is 24.2 Å². The van der Waals surface area contributed by atoms with Crippen LogP contribution in [-0.4, -0.2) is 68.2 Å². The smallest absolute Gasteiger partial charge is 0.295 e. The number of carbonyl (C=O) groups is 2. The minimum atomic E-state index is -0.719. The molecular formula is C23H25N5O3. The fourth-order valence-corrected chi connectivity index (χ4v) is 4.03. The largest absolute Gasteiger partial charge is 0.505 e. The number of aliphatic hydroxyl groups is 1. The summed E-state index contributed by atoms with van der Waals surface area (Å²) in [7, 11) is 3.81. The lowest BCUT2D eigenvalue weighted by Crippen LogP contribution is -2.35. The van der Waals surface area contributed by atoms with Gasteiger partial charge in [0.2, 0.25) is 0 Å². The number of hydrogen-bond acceptors (Lipinski definition) is 6. The summed E-state index contributed by atoms with van der Waals surface area (Å²) in [4.78, 5) is 38.3. The zero-order chi connectivity index (χ0) is 22.3. The molecule has 1 amide bonds. The third kappa shape index (κ3) is 3.48. The Balaban J connectivity index is 1.94. The Bertz CT molecular complexity index is 1200. The van der Waals surface area contributed by atoms with Gasteiger partial charge in [0.05, 0.1) is 17.3 Å². The van der Waals surface area contributed by atoms with Gasteiger partial charge >= 0.3 is 0 Å².